The lowest BCUT2D eigenvalue weighted by Gasteiger charge is -2.07. The van der Waals surface area contributed by atoms with Gasteiger partial charge in [-0.25, -0.2) is 0 Å². The highest BCUT2D eigenvalue weighted by atomic mass is 35.5. The van der Waals surface area contributed by atoms with Crippen LogP contribution in [0.15, 0.2) is 36.4 Å². The molecule has 0 saturated heterocycles. The fourth-order valence-corrected chi connectivity index (χ4v) is 3.69. The van der Waals surface area contributed by atoms with E-state index in [9.17, 15) is 0 Å². The quantitative estimate of drug-likeness (QED) is 0.751. The minimum atomic E-state index is 0.850. The SMILES string of the molecule is Cc1c(CNCc2ccc(Cl)s2)n(C)c2ccccc12. The van der Waals surface area contributed by atoms with Crippen LogP contribution >= 0.6 is 22.9 Å². The minimum Gasteiger partial charge on any atom is -0.346 e. The van der Waals surface area contributed by atoms with E-state index in [2.05, 4.69) is 54.2 Å². The second-order valence-corrected chi connectivity index (χ2v) is 6.76. The molecule has 3 rings (SSSR count). The summed E-state index contributed by atoms with van der Waals surface area (Å²) in [4.78, 5) is 1.27. The molecular weight excluding hydrogens is 288 g/mol. The molecule has 0 bridgehead atoms. The summed E-state index contributed by atoms with van der Waals surface area (Å²) in [6.07, 6.45) is 0. The maximum Gasteiger partial charge on any atom is 0.0931 e. The average molecular weight is 305 g/mol. The number of halogens is 1. The molecule has 0 atom stereocenters. The topological polar surface area (TPSA) is 17.0 Å². The number of nitrogens with zero attached hydrogens (tertiary/aromatic N) is 1. The second kappa shape index (κ2) is 5.60. The first-order valence-electron chi connectivity index (χ1n) is 6.64. The summed E-state index contributed by atoms with van der Waals surface area (Å²) in [5.41, 5.74) is 4.00. The van der Waals surface area contributed by atoms with Crippen molar-refractivity contribution in [2.75, 3.05) is 0 Å². The average Bonchev–Trinajstić information content (AvgIpc) is 2.97. The Morgan fingerprint density at radius 1 is 1.15 bits per heavy atom. The van der Waals surface area contributed by atoms with Gasteiger partial charge in [0.1, 0.15) is 0 Å². The van der Waals surface area contributed by atoms with Crippen LogP contribution in [0.2, 0.25) is 4.34 Å². The normalized spacial score (nSPS) is 11.3. The summed E-state index contributed by atoms with van der Waals surface area (Å²) in [5, 5.41) is 4.84. The van der Waals surface area contributed by atoms with Gasteiger partial charge in [0.25, 0.3) is 0 Å². The molecule has 1 aromatic carbocycles. The minimum absolute atomic E-state index is 0.850. The monoisotopic (exact) mass is 304 g/mol. The van der Waals surface area contributed by atoms with Crippen LogP contribution in [0.25, 0.3) is 10.9 Å². The number of benzene rings is 1. The van der Waals surface area contributed by atoms with Crippen molar-refractivity contribution < 1.29 is 0 Å². The third-order valence-corrected chi connectivity index (χ3v) is 4.96. The number of hydrogen-bond donors (Lipinski definition) is 1. The van der Waals surface area contributed by atoms with Gasteiger partial charge in [0.15, 0.2) is 0 Å². The lowest BCUT2D eigenvalue weighted by atomic mass is 10.1. The predicted octanol–water partition coefficient (Wildman–Crippen LogP) is 4.49. The molecule has 0 aliphatic carbocycles. The lowest BCUT2D eigenvalue weighted by Crippen LogP contribution is -2.15. The molecule has 104 valence electrons. The molecule has 0 aliphatic heterocycles. The molecule has 0 fully saturated rings. The van der Waals surface area contributed by atoms with Gasteiger partial charge in [-0.1, -0.05) is 29.8 Å². The van der Waals surface area contributed by atoms with Crippen molar-refractivity contribution in [3.05, 3.63) is 56.9 Å². The van der Waals surface area contributed by atoms with E-state index in [1.54, 1.807) is 11.3 Å². The molecule has 0 radical (unpaired) electrons. The summed E-state index contributed by atoms with van der Waals surface area (Å²) < 4.78 is 3.13. The number of nitrogens with one attached hydrogen (secondary N) is 1. The number of thiophene rings is 1. The van der Waals surface area contributed by atoms with Gasteiger partial charge in [0.05, 0.1) is 4.34 Å². The Balaban J connectivity index is 1.77. The first kappa shape index (κ1) is 13.7. The van der Waals surface area contributed by atoms with Crippen molar-refractivity contribution in [1.82, 2.24) is 9.88 Å². The number of rotatable bonds is 4. The Hall–Kier alpha value is -1.29. The standard InChI is InChI=1S/C16H17ClN2S/c1-11-13-5-3-4-6-14(13)19(2)15(11)10-18-9-12-7-8-16(17)20-12/h3-8,18H,9-10H2,1-2H3. The number of aryl methyl sites for hydroxylation is 2. The van der Waals surface area contributed by atoms with Crippen molar-refractivity contribution in [1.29, 1.82) is 0 Å². The zero-order valence-electron chi connectivity index (χ0n) is 11.6. The van der Waals surface area contributed by atoms with Gasteiger partial charge in [-0.15, -0.1) is 11.3 Å². The van der Waals surface area contributed by atoms with Gasteiger partial charge in [0, 0.05) is 41.6 Å². The Morgan fingerprint density at radius 3 is 2.65 bits per heavy atom. The highest BCUT2D eigenvalue weighted by Gasteiger charge is 2.10. The lowest BCUT2D eigenvalue weighted by molar-refractivity contribution is 0.662. The van der Waals surface area contributed by atoms with Crippen LogP contribution < -0.4 is 5.32 Å². The fraction of sp³-hybridized carbons (Fsp3) is 0.250. The van der Waals surface area contributed by atoms with E-state index in [4.69, 9.17) is 11.6 Å². The van der Waals surface area contributed by atoms with Crippen LogP contribution in [-0.2, 0) is 20.1 Å². The van der Waals surface area contributed by atoms with Gasteiger partial charge in [-0.3, -0.25) is 0 Å². The highest BCUT2D eigenvalue weighted by Crippen LogP contribution is 2.25. The van der Waals surface area contributed by atoms with E-state index in [1.807, 2.05) is 6.07 Å². The molecule has 1 N–H and O–H groups in total. The van der Waals surface area contributed by atoms with Gasteiger partial charge >= 0.3 is 0 Å². The Kier molecular flexibility index (Phi) is 3.83. The first-order valence-corrected chi connectivity index (χ1v) is 7.84. The van der Waals surface area contributed by atoms with E-state index in [1.165, 1.54) is 27.0 Å². The molecule has 2 aromatic heterocycles. The van der Waals surface area contributed by atoms with Crippen LogP contribution in [0, 0.1) is 6.92 Å². The summed E-state index contributed by atoms with van der Waals surface area (Å²) >= 11 is 7.58. The summed E-state index contributed by atoms with van der Waals surface area (Å²) in [5.74, 6) is 0. The zero-order valence-corrected chi connectivity index (χ0v) is 13.2. The zero-order chi connectivity index (χ0) is 14.1. The van der Waals surface area contributed by atoms with E-state index in [0.29, 0.717) is 0 Å². The van der Waals surface area contributed by atoms with E-state index >= 15 is 0 Å². The summed E-state index contributed by atoms with van der Waals surface area (Å²) in [6, 6.07) is 12.6. The summed E-state index contributed by atoms with van der Waals surface area (Å²) in [6.45, 7) is 3.92. The molecule has 0 amide bonds. The highest BCUT2D eigenvalue weighted by molar-refractivity contribution is 7.16. The third kappa shape index (κ3) is 2.49. The number of para-hydroxylation sites is 1. The van der Waals surface area contributed by atoms with E-state index < -0.39 is 0 Å². The van der Waals surface area contributed by atoms with Gasteiger partial charge in [-0.2, -0.15) is 0 Å². The van der Waals surface area contributed by atoms with Crippen LogP contribution in [-0.4, -0.2) is 4.57 Å². The van der Waals surface area contributed by atoms with Crippen LogP contribution in [0.3, 0.4) is 0 Å². The molecule has 2 nitrogen and oxygen atoms in total. The third-order valence-electron chi connectivity index (χ3n) is 3.73. The number of fused-ring (bicyclic) bond motifs is 1. The Labute approximate surface area is 128 Å². The fourth-order valence-electron chi connectivity index (χ4n) is 2.64. The Bertz CT molecular complexity index is 703. The maximum absolute atomic E-state index is 5.95. The van der Waals surface area contributed by atoms with Crippen LogP contribution in [0.1, 0.15) is 16.1 Å². The van der Waals surface area contributed by atoms with Gasteiger partial charge in [0.2, 0.25) is 0 Å². The predicted molar refractivity (Wildman–Crippen MR) is 87.5 cm³/mol. The molecule has 0 spiro atoms. The van der Waals surface area contributed by atoms with Gasteiger partial charge < -0.3 is 9.88 Å². The molecule has 20 heavy (non-hydrogen) atoms. The van der Waals surface area contributed by atoms with Crippen molar-refractivity contribution in [3.8, 4) is 0 Å². The first-order chi connectivity index (χ1) is 9.66. The van der Waals surface area contributed by atoms with E-state index in [0.717, 1.165) is 17.4 Å². The maximum atomic E-state index is 5.95. The molecule has 0 saturated carbocycles. The van der Waals surface area contributed by atoms with Crippen molar-refractivity contribution in [2.24, 2.45) is 7.05 Å². The molecule has 2 heterocycles. The van der Waals surface area contributed by atoms with Crippen LogP contribution in [0.4, 0.5) is 0 Å². The smallest absolute Gasteiger partial charge is 0.0931 e. The second-order valence-electron chi connectivity index (χ2n) is 4.96. The molecule has 0 unspecified atom stereocenters. The molecule has 4 heteroatoms. The Morgan fingerprint density at radius 2 is 1.95 bits per heavy atom. The molecule has 0 aliphatic rings. The number of hydrogen-bond acceptors (Lipinski definition) is 2. The van der Waals surface area contributed by atoms with Crippen molar-refractivity contribution in [3.63, 3.8) is 0 Å². The largest absolute Gasteiger partial charge is 0.346 e. The van der Waals surface area contributed by atoms with Gasteiger partial charge in [-0.05, 0) is 30.7 Å². The van der Waals surface area contributed by atoms with Crippen LogP contribution in [0.5, 0.6) is 0 Å². The van der Waals surface area contributed by atoms with E-state index in [-0.39, 0.29) is 0 Å². The molecule has 3 aromatic rings. The summed E-state index contributed by atoms with van der Waals surface area (Å²) in [7, 11) is 2.13. The molecular formula is C16H17ClN2S. The van der Waals surface area contributed by atoms with Crippen molar-refractivity contribution in [2.45, 2.75) is 20.0 Å². The number of aromatic nitrogens is 1. The van der Waals surface area contributed by atoms with Crippen molar-refractivity contribution >= 4 is 33.8 Å².